The molecule has 0 fully saturated rings. The van der Waals surface area contributed by atoms with E-state index in [-0.39, 0.29) is 6.04 Å². The van der Waals surface area contributed by atoms with Crippen LogP contribution in [0.5, 0.6) is 0 Å². The van der Waals surface area contributed by atoms with Crippen molar-refractivity contribution in [3.8, 4) is 6.07 Å². The van der Waals surface area contributed by atoms with Crippen LogP contribution in [0.15, 0.2) is 11.1 Å². The number of fused-ring (bicyclic) bond motifs is 1. The highest BCUT2D eigenvalue weighted by molar-refractivity contribution is 5.84. The smallest absolute Gasteiger partial charge is 0.102 e. The zero-order valence-corrected chi connectivity index (χ0v) is 9.13. The summed E-state index contributed by atoms with van der Waals surface area (Å²) in [6.45, 7) is 6.04. The van der Waals surface area contributed by atoms with Crippen molar-refractivity contribution >= 4 is 12.0 Å². The first-order chi connectivity index (χ1) is 7.15. The molecule has 1 aromatic carbocycles. The fraction of sp³-hybridized carbons (Fsp3) is 0.333. The van der Waals surface area contributed by atoms with Crippen molar-refractivity contribution < 1.29 is 0 Å². The molecule has 0 aromatic heterocycles. The zero-order chi connectivity index (χ0) is 11.0. The number of aliphatic imine (C=N–C) groups is 1. The maximum absolute atomic E-state index is 9.15. The molecule has 0 spiro atoms. The van der Waals surface area contributed by atoms with Crippen LogP contribution in [0, 0.1) is 25.2 Å². The highest BCUT2D eigenvalue weighted by Gasteiger charge is 2.19. The Morgan fingerprint density at radius 2 is 2.20 bits per heavy atom. The van der Waals surface area contributed by atoms with Gasteiger partial charge in [0.15, 0.2) is 0 Å². The Labute approximate surface area is 89.5 Å². The van der Waals surface area contributed by atoms with Gasteiger partial charge in [-0.25, -0.2) is 0 Å². The van der Waals surface area contributed by atoms with Gasteiger partial charge in [-0.1, -0.05) is 6.07 Å². The van der Waals surface area contributed by atoms with Crippen molar-refractivity contribution in [3.63, 3.8) is 0 Å². The van der Waals surface area contributed by atoms with E-state index < -0.39 is 0 Å². The molecule has 0 unspecified atom stereocenters. The molecule has 1 N–H and O–H groups in total. The van der Waals surface area contributed by atoms with Gasteiger partial charge in [-0.15, -0.1) is 0 Å². The second kappa shape index (κ2) is 3.39. The van der Waals surface area contributed by atoms with E-state index in [0.717, 1.165) is 27.9 Å². The summed E-state index contributed by atoms with van der Waals surface area (Å²) < 4.78 is 0. The predicted molar refractivity (Wildman–Crippen MR) is 61.2 cm³/mol. The molecular formula is C12H13N3. The molecule has 0 bridgehead atoms. The Morgan fingerprint density at radius 3 is 2.87 bits per heavy atom. The van der Waals surface area contributed by atoms with E-state index in [0.29, 0.717) is 0 Å². The van der Waals surface area contributed by atoms with Crippen LogP contribution in [-0.4, -0.2) is 6.34 Å². The van der Waals surface area contributed by atoms with E-state index in [1.165, 1.54) is 0 Å². The minimum atomic E-state index is 0.132. The van der Waals surface area contributed by atoms with Gasteiger partial charge in [0, 0.05) is 5.56 Å². The van der Waals surface area contributed by atoms with E-state index in [9.17, 15) is 0 Å². The third kappa shape index (κ3) is 1.39. The summed E-state index contributed by atoms with van der Waals surface area (Å²) in [7, 11) is 0. The lowest BCUT2D eigenvalue weighted by atomic mass is 9.94. The Bertz CT molecular complexity index is 481. The number of hydrogen-bond donors (Lipinski definition) is 1. The zero-order valence-electron chi connectivity index (χ0n) is 9.13. The molecule has 76 valence electrons. The molecule has 2 rings (SSSR count). The SMILES string of the molecule is Cc1cc2c(c(C#N)c1C)NC=N[C@H]2C. The first-order valence-electron chi connectivity index (χ1n) is 4.97. The summed E-state index contributed by atoms with van der Waals surface area (Å²) in [4.78, 5) is 4.27. The number of nitriles is 1. The third-order valence-corrected chi connectivity index (χ3v) is 2.95. The van der Waals surface area contributed by atoms with E-state index in [1.54, 1.807) is 6.34 Å². The van der Waals surface area contributed by atoms with Gasteiger partial charge in [0.25, 0.3) is 0 Å². The summed E-state index contributed by atoms with van der Waals surface area (Å²) in [5.74, 6) is 0. The van der Waals surface area contributed by atoms with E-state index >= 15 is 0 Å². The summed E-state index contributed by atoms with van der Waals surface area (Å²) in [5.41, 5.74) is 4.96. The van der Waals surface area contributed by atoms with Crippen molar-refractivity contribution in [1.29, 1.82) is 5.26 Å². The first-order valence-corrected chi connectivity index (χ1v) is 4.97. The Kier molecular flexibility index (Phi) is 2.20. The van der Waals surface area contributed by atoms with Crippen LogP contribution in [0.25, 0.3) is 0 Å². The molecule has 1 atom stereocenters. The minimum absolute atomic E-state index is 0.132. The van der Waals surface area contributed by atoms with E-state index in [4.69, 9.17) is 5.26 Å². The first kappa shape index (κ1) is 9.72. The highest BCUT2D eigenvalue weighted by atomic mass is 15.0. The topological polar surface area (TPSA) is 48.2 Å². The van der Waals surface area contributed by atoms with Gasteiger partial charge in [-0.2, -0.15) is 5.26 Å². The van der Waals surface area contributed by atoms with Crippen LogP contribution in [0.1, 0.15) is 35.2 Å². The van der Waals surface area contributed by atoms with Gasteiger partial charge in [0.1, 0.15) is 6.07 Å². The second-order valence-electron chi connectivity index (χ2n) is 3.87. The number of nitrogens with one attached hydrogen (secondary N) is 1. The maximum atomic E-state index is 9.15. The van der Waals surface area contributed by atoms with Crippen LogP contribution in [0.4, 0.5) is 5.69 Å². The number of benzene rings is 1. The lowest BCUT2D eigenvalue weighted by molar-refractivity contribution is 0.815. The van der Waals surface area contributed by atoms with Crippen molar-refractivity contribution in [1.82, 2.24) is 0 Å². The lowest BCUT2D eigenvalue weighted by Gasteiger charge is -2.21. The fourth-order valence-electron chi connectivity index (χ4n) is 1.86. The summed E-state index contributed by atoms with van der Waals surface area (Å²) in [6, 6.07) is 4.50. The molecular weight excluding hydrogens is 186 g/mol. The number of hydrogen-bond acceptors (Lipinski definition) is 3. The number of nitrogens with zero attached hydrogens (tertiary/aromatic N) is 2. The van der Waals surface area contributed by atoms with Gasteiger partial charge < -0.3 is 5.32 Å². The highest BCUT2D eigenvalue weighted by Crippen LogP contribution is 2.34. The van der Waals surface area contributed by atoms with Crippen LogP contribution in [-0.2, 0) is 0 Å². The molecule has 0 saturated heterocycles. The fourth-order valence-corrected chi connectivity index (χ4v) is 1.86. The Morgan fingerprint density at radius 1 is 1.47 bits per heavy atom. The third-order valence-electron chi connectivity index (χ3n) is 2.95. The van der Waals surface area contributed by atoms with E-state index in [2.05, 4.69) is 22.4 Å². The van der Waals surface area contributed by atoms with Gasteiger partial charge in [0.05, 0.1) is 23.6 Å². The average Bonchev–Trinajstić information content (AvgIpc) is 2.22. The molecule has 3 nitrogen and oxygen atoms in total. The minimum Gasteiger partial charge on any atom is -0.345 e. The molecule has 0 aliphatic carbocycles. The van der Waals surface area contributed by atoms with Crippen LogP contribution < -0.4 is 5.32 Å². The number of rotatable bonds is 0. The standard InChI is InChI=1S/C12H13N3/c1-7-4-10-9(3)14-6-15-12(10)11(5-13)8(7)2/h4,6,9H,1-3H3,(H,14,15)/t9-/m0/s1. The van der Waals surface area contributed by atoms with Gasteiger partial charge in [-0.05, 0) is 31.9 Å². The number of anilines is 1. The second-order valence-corrected chi connectivity index (χ2v) is 3.87. The van der Waals surface area contributed by atoms with Crippen LogP contribution >= 0.6 is 0 Å². The monoisotopic (exact) mass is 199 g/mol. The van der Waals surface area contributed by atoms with Crippen molar-refractivity contribution in [3.05, 3.63) is 28.3 Å². The van der Waals surface area contributed by atoms with Gasteiger partial charge >= 0.3 is 0 Å². The summed E-state index contributed by atoms with van der Waals surface area (Å²) >= 11 is 0. The summed E-state index contributed by atoms with van der Waals surface area (Å²) in [5, 5.41) is 12.2. The van der Waals surface area contributed by atoms with Crippen LogP contribution in [0.2, 0.25) is 0 Å². The lowest BCUT2D eigenvalue weighted by Crippen LogP contribution is -2.11. The molecule has 3 heteroatoms. The van der Waals surface area contributed by atoms with Crippen molar-refractivity contribution in [2.75, 3.05) is 5.32 Å². The van der Waals surface area contributed by atoms with Crippen LogP contribution in [0.3, 0.4) is 0 Å². The number of aryl methyl sites for hydroxylation is 1. The van der Waals surface area contributed by atoms with Gasteiger partial charge in [0.2, 0.25) is 0 Å². The predicted octanol–water partition coefficient (Wildman–Crippen LogP) is 2.69. The Hall–Kier alpha value is -1.82. The van der Waals surface area contributed by atoms with E-state index in [1.807, 2.05) is 20.8 Å². The average molecular weight is 199 g/mol. The Balaban J connectivity index is 2.74. The quantitative estimate of drug-likeness (QED) is 0.698. The van der Waals surface area contributed by atoms with Crippen molar-refractivity contribution in [2.24, 2.45) is 4.99 Å². The molecule has 0 amide bonds. The molecule has 0 radical (unpaired) electrons. The summed E-state index contributed by atoms with van der Waals surface area (Å²) in [6.07, 6.45) is 1.67. The molecule has 1 aliphatic heterocycles. The normalized spacial score (nSPS) is 17.9. The van der Waals surface area contributed by atoms with Crippen molar-refractivity contribution in [2.45, 2.75) is 26.8 Å². The molecule has 1 heterocycles. The molecule has 0 saturated carbocycles. The molecule has 15 heavy (non-hydrogen) atoms. The van der Waals surface area contributed by atoms with Gasteiger partial charge in [-0.3, -0.25) is 4.99 Å². The largest absolute Gasteiger partial charge is 0.345 e. The molecule has 1 aromatic rings. The maximum Gasteiger partial charge on any atom is 0.102 e. The molecule has 1 aliphatic rings.